The van der Waals surface area contributed by atoms with E-state index >= 15 is 0 Å². The highest BCUT2D eigenvalue weighted by Crippen LogP contribution is 2.27. The van der Waals surface area contributed by atoms with Crippen LogP contribution in [0.25, 0.3) is 0 Å². The SMILES string of the molecule is N#CC1(N2CCNCC2)CCCOCC1. The fourth-order valence-corrected chi connectivity index (χ4v) is 2.53. The Kier molecular flexibility index (Phi) is 3.57. The number of piperazine rings is 1. The summed E-state index contributed by atoms with van der Waals surface area (Å²) in [5.74, 6) is 0. The molecule has 2 rings (SSSR count). The number of nitrogens with zero attached hydrogens (tertiary/aromatic N) is 2. The molecule has 1 atom stereocenters. The van der Waals surface area contributed by atoms with E-state index in [2.05, 4.69) is 16.3 Å². The third-order valence-electron chi connectivity index (χ3n) is 3.47. The molecule has 1 N–H and O–H groups in total. The van der Waals surface area contributed by atoms with Gasteiger partial charge in [0.2, 0.25) is 0 Å². The van der Waals surface area contributed by atoms with E-state index in [1.54, 1.807) is 0 Å². The van der Waals surface area contributed by atoms with E-state index in [0.29, 0.717) is 0 Å². The molecule has 2 saturated heterocycles. The second kappa shape index (κ2) is 4.93. The first-order valence-electron chi connectivity index (χ1n) is 5.82. The zero-order chi connectivity index (χ0) is 10.6. The summed E-state index contributed by atoms with van der Waals surface area (Å²) >= 11 is 0. The molecule has 2 fully saturated rings. The predicted octanol–water partition coefficient (Wildman–Crippen LogP) is 0.354. The molecule has 2 aliphatic rings. The second-order valence-corrected chi connectivity index (χ2v) is 4.35. The van der Waals surface area contributed by atoms with Gasteiger partial charge in [-0.05, 0) is 12.8 Å². The van der Waals surface area contributed by atoms with Crippen molar-refractivity contribution in [1.29, 1.82) is 5.26 Å². The number of hydrogen-bond acceptors (Lipinski definition) is 4. The van der Waals surface area contributed by atoms with E-state index in [1.807, 2.05) is 0 Å². The summed E-state index contributed by atoms with van der Waals surface area (Å²) in [5, 5.41) is 12.8. The molecule has 0 saturated carbocycles. The molecule has 0 aromatic carbocycles. The van der Waals surface area contributed by atoms with Crippen molar-refractivity contribution in [1.82, 2.24) is 10.2 Å². The van der Waals surface area contributed by atoms with Crippen LogP contribution in [0.2, 0.25) is 0 Å². The van der Waals surface area contributed by atoms with Crippen LogP contribution in [0.4, 0.5) is 0 Å². The second-order valence-electron chi connectivity index (χ2n) is 4.35. The van der Waals surface area contributed by atoms with Gasteiger partial charge in [-0.2, -0.15) is 5.26 Å². The lowest BCUT2D eigenvalue weighted by molar-refractivity contribution is 0.0895. The summed E-state index contributed by atoms with van der Waals surface area (Å²) in [6.07, 6.45) is 2.84. The highest BCUT2D eigenvalue weighted by molar-refractivity contribution is 5.09. The molecule has 2 aliphatic heterocycles. The Labute approximate surface area is 91.2 Å². The van der Waals surface area contributed by atoms with Crippen molar-refractivity contribution in [3.05, 3.63) is 0 Å². The largest absolute Gasteiger partial charge is 0.381 e. The molecule has 4 nitrogen and oxygen atoms in total. The third-order valence-corrected chi connectivity index (χ3v) is 3.47. The minimum Gasteiger partial charge on any atom is -0.381 e. The zero-order valence-electron chi connectivity index (χ0n) is 9.17. The van der Waals surface area contributed by atoms with Gasteiger partial charge >= 0.3 is 0 Å². The average Bonchev–Trinajstić information content (AvgIpc) is 2.56. The Morgan fingerprint density at radius 1 is 1.20 bits per heavy atom. The molecule has 15 heavy (non-hydrogen) atoms. The van der Waals surface area contributed by atoms with Crippen molar-refractivity contribution in [2.24, 2.45) is 0 Å². The van der Waals surface area contributed by atoms with Crippen LogP contribution in [0, 0.1) is 11.3 Å². The minimum atomic E-state index is -0.251. The molecule has 0 aromatic rings. The average molecular weight is 209 g/mol. The highest BCUT2D eigenvalue weighted by Gasteiger charge is 2.37. The minimum absolute atomic E-state index is 0.251. The van der Waals surface area contributed by atoms with Crippen molar-refractivity contribution in [3.8, 4) is 6.07 Å². The van der Waals surface area contributed by atoms with Crippen molar-refractivity contribution in [3.63, 3.8) is 0 Å². The monoisotopic (exact) mass is 209 g/mol. The molecule has 0 spiro atoms. The molecular weight excluding hydrogens is 190 g/mol. The van der Waals surface area contributed by atoms with Gasteiger partial charge in [-0.25, -0.2) is 0 Å². The van der Waals surface area contributed by atoms with Gasteiger partial charge in [0.25, 0.3) is 0 Å². The molecule has 0 radical (unpaired) electrons. The lowest BCUT2D eigenvalue weighted by Crippen LogP contribution is -2.55. The highest BCUT2D eigenvalue weighted by atomic mass is 16.5. The molecule has 0 aliphatic carbocycles. The van der Waals surface area contributed by atoms with Crippen molar-refractivity contribution >= 4 is 0 Å². The summed E-state index contributed by atoms with van der Waals surface area (Å²) in [4.78, 5) is 2.35. The van der Waals surface area contributed by atoms with Crippen molar-refractivity contribution < 1.29 is 4.74 Å². The van der Waals surface area contributed by atoms with Gasteiger partial charge < -0.3 is 10.1 Å². The summed E-state index contributed by atoms with van der Waals surface area (Å²) in [6.45, 7) is 5.54. The Hall–Kier alpha value is -0.630. The number of rotatable bonds is 1. The third kappa shape index (κ3) is 2.31. The van der Waals surface area contributed by atoms with Crippen LogP contribution in [0.3, 0.4) is 0 Å². The molecule has 2 heterocycles. The fraction of sp³-hybridized carbons (Fsp3) is 0.909. The Morgan fingerprint density at radius 3 is 2.73 bits per heavy atom. The number of hydrogen-bond donors (Lipinski definition) is 1. The van der Waals surface area contributed by atoms with E-state index in [0.717, 1.165) is 58.7 Å². The van der Waals surface area contributed by atoms with Gasteiger partial charge in [-0.1, -0.05) is 0 Å². The number of nitrogens with one attached hydrogen (secondary N) is 1. The molecule has 0 bridgehead atoms. The van der Waals surface area contributed by atoms with E-state index in [-0.39, 0.29) is 5.54 Å². The van der Waals surface area contributed by atoms with Gasteiger partial charge in [-0.15, -0.1) is 0 Å². The van der Waals surface area contributed by atoms with Crippen LogP contribution in [0.15, 0.2) is 0 Å². The molecular formula is C11H19N3O. The zero-order valence-corrected chi connectivity index (χ0v) is 9.17. The maximum Gasteiger partial charge on any atom is 0.111 e. The lowest BCUT2D eigenvalue weighted by atomic mass is 9.89. The van der Waals surface area contributed by atoms with Gasteiger partial charge in [0.05, 0.1) is 6.07 Å². The maximum atomic E-state index is 9.45. The number of ether oxygens (including phenoxy) is 1. The molecule has 84 valence electrons. The van der Waals surface area contributed by atoms with Crippen molar-refractivity contribution in [2.45, 2.75) is 24.8 Å². The van der Waals surface area contributed by atoms with Crippen LogP contribution in [0.5, 0.6) is 0 Å². The van der Waals surface area contributed by atoms with Gasteiger partial charge in [0, 0.05) is 45.8 Å². The lowest BCUT2D eigenvalue weighted by Gasteiger charge is -2.40. The topological polar surface area (TPSA) is 48.3 Å². The standard InChI is InChI=1S/C11H19N3O/c12-10-11(2-1-8-15-9-3-11)14-6-4-13-5-7-14/h13H,1-9H2. The first-order chi connectivity index (χ1) is 7.37. The summed E-state index contributed by atoms with van der Waals surface area (Å²) < 4.78 is 5.45. The van der Waals surface area contributed by atoms with Crippen molar-refractivity contribution in [2.75, 3.05) is 39.4 Å². The van der Waals surface area contributed by atoms with Crippen LogP contribution in [-0.2, 0) is 4.74 Å². The number of nitriles is 1. The van der Waals surface area contributed by atoms with Crippen LogP contribution < -0.4 is 5.32 Å². The normalized spacial score (nSPS) is 34.3. The maximum absolute atomic E-state index is 9.45. The summed E-state index contributed by atoms with van der Waals surface area (Å²) in [5.41, 5.74) is -0.251. The smallest absolute Gasteiger partial charge is 0.111 e. The first-order valence-corrected chi connectivity index (χ1v) is 5.82. The van der Waals surface area contributed by atoms with Crippen LogP contribution in [-0.4, -0.2) is 49.8 Å². The fourth-order valence-electron chi connectivity index (χ4n) is 2.53. The summed E-state index contributed by atoms with van der Waals surface area (Å²) in [6, 6.07) is 2.55. The van der Waals surface area contributed by atoms with Crippen LogP contribution >= 0.6 is 0 Å². The van der Waals surface area contributed by atoms with Gasteiger partial charge in [0.15, 0.2) is 0 Å². The van der Waals surface area contributed by atoms with Crippen LogP contribution in [0.1, 0.15) is 19.3 Å². The Balaban J connectivity index is 2.07. The van der Waals surface area contributed by atoms with E-state index in [1.165, 1.54) is 0 Å². The quantitative estimate of drug-likeness (QED) is 0.677. The molecule has 4 heteroatoms. The Bertz CT molecular complexity index is 235. The van der Waals surface area contributed by atoms with E-state index in [4.69, 9.17) is 4.74 Å². The Morgan fingerprint density at radius 2 is 2.00 bits per heavy atom. The summed E-state index contributed by atoms with van der Waals surface area (Å²) in [7, 11) is 0. The molecule has 0 amide bonds. The first kappa shape index (κ1) is 10.9. The van der Waals surface area contributed by atoms with Gasteiger partial charge in [-0.3, -0.25) is 4.90 Å². The molecule has 0 aromatic heterocycles. The van der Waals surface area contributed by atoms with E-state index < -0.39 is 0 Å². The predicted molar refractivity (Wildman–Crippen MR) is 57.5 cm³/mol. The molecule has 1 unspecified atom stereocenters. The van der Waals surface area contributed by atoms with E-state index in [9.17, 15) is 5.26 Å². The van der Waals surface area contributed by atoms with Gasteiger partial charge in [0.1, 0.15) is 5.54 Å².